The molecule has 3 N–H and O–H groups in total. The van der Waals surface area contributed by atoms with Crippen LogP contribution in [0.2, 0.25) is 0 Å². The lowest BCUT2D eigenvalue weighted by Gasteiger charge is -2.20. The number of amides is 2. The standard InChI is InChI=1S/C23H31N3O4/c1-5-29-13-14-30-20-12-7-6-11-19(20)24-16-21(27)25-18-10-8-9-17(15-18)22(28)26-23(2,3)4/h6-12,15,24H,5,13-14,16H2,1-4H3,(H,25,27)(H,26,28). The molecule has 2 aromatic rings. The molecule has 0 heterocycles. The Morgan fingerprint density at radius 3 is 2.50 bits per heavy atom. The van der Waals surface area contributed by atoms with Crippen molar-refractivity contribution in [3.8, 4) is 5.75 Å². The first-order valence-corrected chi connectivity index (χ1v) is 10.0. The third kappa shape index (κ3) is 8.13. The molecule has 0 unspecified atom stereocenters. The molecule has 0 fully saturated rings. The minimum atomic E-state index is -0.335. The molecule has 0 aliphatic carbocycles. The van der Waals surface area contributed by atoms with Gasteiger partial charge in [-0.1, -0.05) is 18.2 Å². The van der Waals surface area contributed by atoms with Gasteiger partial charge in [-0.25, -0.2) is 0 Å². The third-order valence-electron chi connectivity index (χ3n) is 3.91. The van der Waals surface area contributed by atoms with E-state index in [0.717, 1.165) is 5.69 Å². The van der Waals surface area contributed by atoms with E-state index < -0.39 is 0 Å². The molecule has 0 saturated carbocycles. The molecule has 2 aromatic carbocycles. The second-order valence-corrected chi connectivity index (χ2v) is 7.73. The van der Waals surface area contributed by atoms with E-state index in [-0.39, 0.29) is 23.9 Å². The molecule has 7 nitrogen and oxygen atoms in total. The van der Waals surface area contributed by atoms with E-state index in [1.54, 1.807) is 24.3 Å². The highest BCUT2D eigenvalue weighted by atomic mass is 16.5. The topological polar surface area (TPSA) is 88.7 Å². The van der Waals surface area contributed by atoms with Crippen LogP contribution in [0.3, 0.4) is 0 Å². The Kier molecular flexibility index (Phi) is 8.68. The number of rotatable bonds is 10. The van der Waals surface area contributed by atoms with Crippen LogP contribution in [0.5, 0.6) is 5.75 Å². The molecule has 0 radical (unpaired) electrons. The predicted molar refractivity (Wildman–Crippen MR) is 119 cm³/mol. The molecule has 0 spiro atoms. The number of benzene rings is 2. The van der Waals surface area contributed by atoms with Gasteiger partial charge in [0.05, 0.1) is 18.8 Å². The second-order valence-electron chi connectivity index (χ2n) is 7.73. The van der Waals surface area contributed by atoms with Crippen molar-refractivity contribution < 1.29 is 19.1 Å². The SMILES string of the molecule is CCOCCOc1ccccc1NCC(=O)Nc1cccc(C(=O)NC(C)(C)C)c1. The molecular formula is C23H31N3O4. The molecule has 7 heteroatoms. The van der Waals surface area contributed by atoms with E-state index in [4.69, 9.17) is 9.47 Å². The summed E-state index contributed by atoms with van der Waals surface area (Å²) in [5, 5.41) is 8.80. The summed E-state index contributed by atoms with van der Waals surface area (Å²) >= 11 is 0. The van der Waals surface area contributed by atoms with Crippen molar-refractivity contribution in [1.82, 2.24) is 5.32 Å². The van der Waals surface area contributed by atoms with Crippen LogP contribution in [0, 0.1) is 0 Å². The molecular weight excluding hydrogens is 382 g/mol. The molecule has 30 heavy (non-hydrogen) atoms. The highest BCUT2D eigenvalue weighted by Gasteiger charge is 2.15. The van der Waals surface area contributed by atoms with Crippen molar-refractivity contribution in [3.05, 3.63) is 54.1 Å². The number of hydrogen-bond donors (Lipinski definition) is 3. The summed E-state index contributed by atoms with van der Waals surface area (Å²) in [6.07, 6.45) is 0. The Hall–Kier alpha value is -3.06. The number of hydrogen-bond acceptors (Lipinski definition) is 5. The van der Waals surface area contributed by atoms with E-state index >= 15 is 0 Å². The number of anilines is 2. The lowest BCUT2D eigenvalue weighted by Crippen LogP contribution is -2.40. The van der Waals surface area contributed by atoms with Gasteiger partial charge in [-0.3, -0.25) is 9.59 Å². The first kappa shape index (κ1) is 23.2. The second kappa shape index (κ2) is 11.2. The Morgan fingerprint density at radius 1 is 1.00 bits per heavy atom. The van der Waals surface area contributed by atoms with E-state index in [1.165, 1.54) is 0 Å². The summed E-state index contributed by atoms with van der Waals surface area (Å²) in [7, 11) is 0. The first-order valence-electron chi connectivity index (χ1n) is 10.0. The van der Waals surface area contributed by atoms with Gasteiger partial charge in [0.15, 0.2) is 0 Å². The average molecular weight is 414 g/mol. The van der Waals surface area contributed by atoms with E-state index in [9.17, 15) is 9.59 Å². The third-order valence-corrected chi connectivity index (χ3v) is 3.91. The van der Waals surface area contributed by atoms with Crippen LogP contribution < -0.4 is 20.7 Å². The Labute approximate surface area is 178 Å². The van der Waals surface area contributed by atoms with Crippen molar-refractivity contribution in [2.24, 2.45) is 0 Å². The Balaban J connectivity index is 1.91. The van der Waals surface area contributed by atoms with Crippen molar-refractivity contribution >= 4 is 23.2 Å². The lowest BCUT2D eigenvalue weighted by molar-refractivity contribution is -0.114. The molecule has 162 valence electrons. The van der Waals surface area contributed by atoms with Crippen LogP contribution in [-0.2, 0) is 9.53 Å². The van der Waals surface area contributed by atoms with Crippen LogP contribution in [0.25, 0.3) is 0 Å². The highest BCUT2D eigenvalue weighted by molar-refractivity contribution is 5.98. The summed E-state index contributed by atoms with van der Waals surface area (Å²) in [4.78, 5) is 24.7. The quantitative estimate of drug-likeness (QED) is 0.517. The summed E-state index contributed by atoms with van der Waals surface area (Å²) in [5.74, 6) is 0.244. The average Bonchev–Trinajstić information content (AvgIpc) is 2.69. The normalized spacial score (nSPS) is 10.9. The molecule has 0 aliphatic heterocycles. The molecule has 2 amide bonds. The molecule has 0 aliphatic rings. The Morgan fingerprint density at radius 2 is 1.77 bits per heavy atom. The molecule has 0 bridgehead atoms. The van der Waals surface area contributed by atoms with Gasteiger partial charge in [-0.05, 0) is 58.0 Å². The van der Waals surface area contributed by atoms with Gasteiger partial charge in [0.2, 0.25) is 5.91 Å². The molecule has 0 saturated heterocycles. The van der Waals surface area contributed by atoms with Crippen molar-refractivity contribution in [1.29, 1.82) is 0 Å². The van der Waals surface area contributed by atoms with Gasteiger partial charge < -0.3 is 25.4 Å². The van der Waals surface area contributed by atoms with E-state index in [1.807, 2.05) is 52.0 Å². The van der Waals surface area contributed by atoms with Crippen LogP contribution >= 0.6 is 0 Å². The summed E-state index contributed by atoms with van der Waals surface area (Å²) in [6, 6.07) is 14.3. The van der Waals surface area contributed by atoms with Gasteiger partial charge >= 0.3 is 0 Å². The smallest absolute Gasteiger partial charge is 0.251 e. The zero-order chi connectivity index (χ0) is 22.0. The maximum Gasteiger partial charge on any atom is 0.251 e. The lowest BCUT2D eigenvalue weighted by atomic mass is 10.1. The van der Waals surface area contributed by atoms with Gasteiger partial charge in [0.1, 0.15) is 12.4 Å². The largest absolute Gasteiger partial charge is 0.489 e. The molecule has 0 atom stereocenters. The first-order chi connectivity index (χ1) is 14.3. The van der Waals surface area contributed by atoms with Crippen molar-refractivity contribution in [2.45, 2.75) is 33.2 Å². The minimum Gasteiger partial charge on any atom is -0.489 e. The number of ether oxygens (including phenoxy) is 2. The highest BCUT2D eigenvalue weighted by Crippen LogP contribution is 2.23. The summed E-state index contributed by atoms with van der Waals surface area (Å²) in [6.45, 7) is 9.32. The monoisotopic (exact) mass is 413 g/mol. The van der Waals surface area contributed by atoms with Crippen molar-refractivity contribution in [2.75, 3.05) is 37.0 Å². The maximum absolute atomic E-state index is 12.4. The van der Waals surface area contributed by atoms with E-state index in [2.05, 4.69) is 16.0 Å². The molecule has 2 rings (SSSR count). The van der Waals surface area contributed by atoms with Crippen LogP contribution in [0.1, 0.15) is 38.1 Å². The van der Waals surface area contributed by atoms with E-state index in [0.29, 0.717) is 36.8 Å². The fourth-order valence-electron chi connectivity index (χ4n) is 2.63. The Bertz CT molecular complexity index is 846. The van der Waals surface area contributed by atoms with Gasteiger partial charge in [0.25, 0.3) is 5.91 Å². The fraction of sp³-hybridized carbons (Fsp3) is 0.391. The molecule has 0 aromatic heterocycles. The van der Waals surface area contributed by atoms with Crippen LogP contribution in [-0.4, -0.2) is 43.7 Å². The maximum atomic E-state index is 12.4. The summed E-state index contributed by atoms with van der Waals surface area (Å²) in [5.41, 5.74) is 1.44. The van der Waals surface area contributed by atoms with Crippen LogP contribution in [0.15, 0.2) is 48.5 Å². The number of carbonyl (C=O) groups excluding carboxylic acids is 2. The van der Waals surface area contributed by atoms with Crippen molar-refractivity contribution in [3.63, 3.8) is 0 Å². The number of para-hydroxylation sites is 2. The zero-order valence-corrected chi connectivity index (χ0v) is 18.1. The van der Waals surface area contributed by atoms with Gasteiger partial charge in [-0.2, -0.15) is 0 Å². The minimum absolute atomic E-state index is 0.0598. The zero-order valence-electron chi connectivity index (χ0n) is 18.1. The van der Waals surface area contributed by atoms with Gasteiger partial charge in [0, 0.05) is 23.4 Å². The van der Waals surface area contributed by atoms with Gasteiger partial charge in [-0.15, -0.1) is 0 Å². The fourth-order valence-corrected chi connectivity index (χ4v) is 2.63. The number of nitrogens with one attached hydrogen (secondary N) is 3. The summed E-state index contributed by atoms with van der Waals surface area (Å²) < 4.78 is 11.0. The predicted octanol–water partition coefficient (Wildman–Crippen LogP) is 3.68. The number of carbonyl (C=O) groups is 2. The van der Waals surface area contributed by atoms with Crippen LogP contribution in [0.4, 0.5) is 11.4 Å².